The van der Waals surface area contributed by atoms with Crippen molar-refractivity contribution in [1.82, 2.24) is 10.6 Å². The summed E-state index contributed by atoms with van der Waals surface area (Å²) < 4.78 is 4.75. The minimum Gasteiger partial charge on any atom is -0.480 e. The minimum atomic E-state index is -1.04. The zero-order chi connectivity index (χ0) is 11.7. The first-order chi connectivity index (χ1) is 7.11. The highest BCUT2D eigenvalue weighted by atomic mass is 16.5. The Kier molecular flexibility index (Phi) is 7.57. The summed E-state index contributed by atoms with van der Waals surface area (Å²) in [5.74, 6) is -1.36. The van der Waals surface area contributed by atoms with E-state index in [0.717, 1.165) is 0 Å². The quantitative estimate of drug-likeness (QED) is 0.496. The van der Waals surface area contributed by atoms with Crippen LogP contribution in [0.2, 0.25) is 0 Å². The van der Waals surface area contributed by atoms with Gasteiger partial charge in [-0.3, -0.25) is 4.79 Å². The van der Waals surface area contributed by atoms with Crippen LogP contribution in [0.15, 0.2) is 0 Å². The molecule has 0 saturated carbocycles. The van der Waals surface area contributed by atoms with E-state index in [1.165, 1.54) is 7.11 Å². The van der Waals surface area contributed by atoms with E-state index in [4.69, 9.17) is 9.84 Å². The largest absolute Gasteiger partial charge is 0.480 e. The first-order valence-corrected chi connectivity index (χ1v) is 4.83. The monoisotopic (exact) mass is 218 g/mol. The Morgan fingerprint density at radius 2 is 2.13 bits per heavy atom. The van der Waals surface area contributed by atoms with Gasteiger partial charge in [-0.05, 0) is 6.54 Å². The van der Waals surface area contributed by atoms with Crippen molar-refractivity contribution in [3.63, 3.8) is 0 Å². The van der Waals surface area contributed by atoms with Gasteiger partial charge in [-0.1, -0.05) is 6.92 Å². The number of carbonyl (C=O) groups excluding carboxylic acids is 1. The third-order valence-corrected chi connectivity index (χ3v) is 1.78. The van der Waals surface area contributed by atoms with Crippen molar-refractivity contribution < 1.29 is 19.4 Å². The molecule has 1 unspecified atom stereocenters. The number of likely N-dealkylation sites (N-methyl/N-ethyl adjacent to an activating group) is 1. The third kappa shape index (κ3) is 6.87. The molecule has 0 aromatic rings. The number of methoxy groups -OCH3 is 1. The second-order valence-electron chi connectivity index (χ2n) is 3.02. The summed E-state index contributed by atoms with van der Waals surface area (Å²) in [6.07, 6.45) is 0.268. The number of aliphatic carboxylic acids is 1. The zero-order valence-electron chi connectivity index (χ0n) is 9.08. The molecule has 1 amide bonds. The van der Waals surface area contributed by atoms with E-state index in [2.05, 4.69) is 10.6 Å². The van der Waals surface area contributed by atoms with Crippen LogP contribution in [0.5, 0.6) is 0 Å². The van der Waals surface area contributed by atoms with E-state index in [1.807, 2.05) is 6.92 Å². The van der Waals surface area contributed by atoms with E-state index in [-0.39, 0.29) is 18.9 Å². The average Bonchev–Trinajstić information content (AvgIpc) is 2.20. The molecule has 0 aromatic carbocycles. The number of nitrogens with one attached hydrogen (secondary N) is 2. The molecule has 0 aromatic heterocycles. The van der Waals surface area contributed by atoms with E-state index < -0.39 is 12.0 Å². The maximum atomic E-state index is 11.2. The van der Waals surface area contributed by atoms with E-state index in [1.54, 1.807) is 0 Å². The molecule has 0 saturated heterocycles. The average molecular weight is 218 g/mol. The van der Waals surface area contributed by atoms with Gasteiger partial charge in [-0.15, -0.1) is 0 Å². The molecule has 0 fully saturated rings. The Balaban J connectivity index is 3.93. The summed E-state index contributed by atoms with van der Waals surface area (Å²) in [4.78, 5) is 21.9. The molecule has 6 heteroatoms. The number of carboxylic acid groups (broad SMARTS) is 1. The Labute approximate surface area is 89.0 Å². The SMILES string of the molecule is CCNCC(=O)NC(CCOC)C(=O)O. The molecule has 0 aliphatic carbocycles. The van der Waals surface area contributed by atoms with Crippen molar-refractivity contribution in [3.8, 4) is 0 Å². The summed E-state index contributed by atoms with van der Waals surface area (Å²) in [5.41, 5.74) is 0. The topological polar surface area (TPSA) is 87.7 Å². The van der Waals surface area contributed by atoms with Gasteiger partial charge in [0.2, 0.25) is 5.91 Å². The summed E-state index contributed by atoms with van der Waals surface area (Å²) in [7, 11) is 1.49. The molecule has 0 aliphatic rings. The predicted molar refractivity (Wildman–Crippen MR) is 54.6 cm³/mol. The number of amides is 1. The summed E-state index contributed by atoms with van der Waals surface area (Å²) >= 11 is 0. The van der Waals surface area contributed by atoms with Crippen molar-refractivity contribution in [2.75, 3.05) is 26.8 Å². The molecule has 0 radical (unpaired) electrons. The molecule has 1 atom stereocenters. The number of rotatable bonds is 8. The normalized spacial score (nSPS) is 12.1. The fourth-order valence-electron chi connectivity index (χ4n) is 0.977. The maximum Gasteiger partial charge on any atom is 0.326 e. The van der Waals surface area contributed by atoms with Crippen LogP contribution >= 0.6 is 0 Å². The molecule has 0 aliphatic heterocycles. The zero-order valence-corrected chi connectivity index (χ0v) is 9.08. The lowest BCUT2D eigenvalue weighted by Gasteiger charge is -2.13. The highest BCUT2D eigenvalue weighted by Crippen LogP contribution is 1.92. The molecule has 88 valence electrons. The summed E-state index contributed by atoms with van der Waals surface area (Å²) in [6, 6.07) is -0.879. The summed E-state index contributed by atoms with van der Waals surface area (Å²) in [5, 5.41) is 14.0. The van der Waals surface area contributed by atoms with Crippen LogP contribution in [0.3, 0.4) is 0 Å². The number of hydrogen-bond acceptors (Lipinski definition) is 4. The smallest absolute Gasteiger partial charge is 0.326 e. The van der Waals surface area contributed by atoms with Crippen molar-refractivity contribution in [2.45, 2.75) is 19.4 Å². The minimum absolute atomic E-state index is 0.132. The molecule has 0 heterocycles. The second kappa shape index (κ2) is 8.19. The van der Waals surface area contributed by atoms with Crippen molar-refractivity contribution in [2.24, 2.45) is 0 Å². The number of hydrogen-bond donors (Lipinski definition) is 3. The lowest BCUT2D eigenvalue weighted by molar-refractivity contribution is -0.142. The van der Waals surface area contributed by atoms with Gasteiger partial charge in [0.1, 0.15) is 6.04 Å². The Morgan fingerprint density at radius 1 is 1.47 bits per heavy atom. The van der Waals surface area contributed by atoms with Crippen LogP contribution < -0.4 is 10.6 Å². The van der Waals surface area contributed by atoms with Gasteiger partial charge in [0, 0.05) is 20.1 Å². The first-order valence-electron chi connectivity index (χ1n) is 4.83. The highest BCUT2D eigenvalue weighted by Gasteiger charge is 2.18. The molecular weight excluding hydrogens is 200 g/mol. The summed E-state index contributed by atoms with van der Waals surface area (Å²) in [6.45, 7) is 2.97. The fourth-order valence-corrected chi connectivity index (χ4v) is 0.977. The van der Waals surface area contributed by atoms with Crippen LogP contribution in [0.1, 0.15) is 13.3 Å². The van der Waals surface area contributed by atoms with Gasteiger partial charge in [0.25, 0.3) is 0 Å². The number of carboxylic acids is 1. The molecule has 15 heavy (non-hydrogen) atoms. The molecular formula is C9H18N2O4. The second-order valence-corrected chi connectivity index (χ2v) is 3.02. The van der Waals surface area contributed by atoms with E-state index >= 15 is 0 Å². The molecule has 0 spiro atoms. The molecule has 0 bridgehead atoms. The third-order valence-electron chi connectivity index (χ3n) is 1.78. The molecule has 3 N–H and O–H groups in total. The molecule has 0 rings (SSSR count). The van der Waals surface area contributed by atoms with Gasteiger partial charge < -0.3 is 20.5 Å². The van der Waals surface area contributed by atoms with Gasteiger partial charge in [0.05, 0.1) is 6.54 Å². The van der Waals surface area contributed by atoms with Crippen molar-refractivity contribution in [1.29, 1.82) is 0 Å². The fraction of sp³-hybridized carbons (Fsp3) is 0.778. The Bertz CT molecular complexity index is 208. The number of carbonyl (C=O) groups is 2. The van der Waals surface area contributed by atoms with Crippen LogP contribution in [0.4, 0.5) is 0 Å². The van der Waals surface area contributed by atoms with Crippen LogP contribution in [0.25, 0.3) is 0 Å². The Morgan fingerprint density at radius 3 is 2.60 bits per heavy atom. The standard InChI is InChI=1S/C9H18N2O4/c1-3-10-6-8(12)11-7(9(13)14)4-5-15-2/h7,10H,3-6H2,1-2H3,(H,11,12)(H,13,14). The maximum absolute atomic E-state index is 11.2. The van der Waals surface area contributed by atoms with E-state index in [9.17, 15) is 9.59 Å². The predicted octanol–water partition coefficient (Wildman–Crippen LogP) is -0.798. The van der Waals surface area contributed by atoms with Crippen LogP contribution in [0, 0.1) is 0 Å². The van der Waals surface area contributed by atoms with Crippen LogP contribution in [-0.4, -0.2) is 49.8 Å². The van der Waals surface area contributed by atoms with Gasteiger partial charge in [-0.2, -0.15) is 0 Å². The lowest BCUT2D eigenvalue weighted by atomic mass is 10.2. The van der Waals surface area contributed by atoms with E-state index in [0.29, 0.717) is 13.2 Å². The van der Waals surface area contributed by atoms with Crippen molar-refractivity contribution in [3.05, 3.63) is 0 Å². The lowest BCUT2D eigenvalue weighted by Crippen LogP contribution is -2.45. The van der Waals surface area contributed by atoms with Crippen molar-refractivity contribution >= 4 is 11.9 Å². The first kappa shape index (κ1) is 13.9. The van der Waals surface area contributed by atoms with Gasteiger partial charge in [0.15, 0.2) is 0 Å². The number of ether oxygens (including phenoxy) is 1. The van der Waals surface area contributed by atoms with Crippen LogP contribution in [-0.2, 0) is 14.3 Å². The van der Waals surface area contributed by atoms with Gasteiger partial charge in [-0.25, -0.2) is 4.79 Å². The Hall–Kier alpha value is -1.14. The highest BCUT2D eigenvalue weighted by molar-refractivity contribution is 5.84. The van der Waals surface area contributed by atoms with Gasteiger partial charge >= 0.3 is 5.97 Å². The molecule has 6 nitrogen and oxygen atoms in total.